The Morgan fingerprint density at radius 1 is 1.24 bits per heavy atom. The molecule has 1 aliphatic heterocycles. The second kappa shape index (κ2) is 11.9. The Morgan fingerprint density at radius 3 is 2.59 bits per heavy atom. The van der Waals surface area contributed by atoms with Crippen LogP contribution in [0.5, 0.6) is 0 Å². The third-order valence-corrected chi connectivity index (χ3v) is 6.00. The molecule has 1 fully saturated rings. The lowest BCUT2D eigenvalue weighted by molar-refractivity contribution is -0.137. The predicted molar refractivity (Wildman–Crippen MR) is 129 cm³/mol. The quantitative estimate of drug-likeness (QED) is 0.450. The summed E-state index contributed by atoms with van der Waals surface area (Å²) in [7, 11) is 2.97. The second-order valence-electron chi connectivity index (χ2n) is 8.92. The lowest BCUT2D eigenvalue weighted by atomic mass is 10.1. The number of halogens is 3. The maximum absolute atomic E-state index is 13.4. The lowest BCUT2D eigenvalue weighted by Crippen LogP contribution is -2.43. The van der Waals surface area contributed by atoms with Crippen molar-refractivity contribution in [2.75, 3.05) is 45.4 Å². The number of alkyl halides is 3. The summed E-state index contributed by atoms with van der Waals surface area (Å²) in [5.41, 5.74) is -1.77. The molecule has 0 bridgehead atoms. The molecule has 1 aromatic carbocycles. The monoisotopic (exact) mass is 528 g/mol. The van der Waals surface area contributed by atoms with Crippen LogP contribution in [0.4, 0.5) is 18.9 Å². The number of aliphatic hydroxyl groups excluding tert-OH is 1. The third kappa shape index (κ3) is 6.79. The Bertz CT molecular complexity index is 1220. The van der Waals surface area contributed by atoms with Crippen LogP contribution < -0.4 is 21.5 Å². The van der Waals surface area contributed by atoms with Crippen LogP contribution >= 0.6 is 0 Å². The Morgan fingerprint density at radius 2 is 1.97 bits per heavy atom. The number of amides is 1. The zero-order valence-electron chi connectivity index (χ0n) is 20.9. The minimum absolute atomic E-state index is 0.00495. The van der Waals surface area contributed by atoms with Gasteiger partial charge >= 0.3 is 11.9 Å². The van der Waals surface area contributed by atoms with E-state index in [0.717, 1.165) is 10.6 Å². The average molecular weight is 529 g/mol. The number of aromatic nitrogens is 2. The summed E-state index contributed by atoms with van der Waals surface area (Å²) < 4.78 is 53.6. The summed E-state index contributed by atoms with van der Waals surface area (Å²) in [5.74, 6) is -0.685. The fourth-order valence-corrected chi connectivity index (χ4v) is 4.08. The van der Waals surface area contributed by atoms with Crippen LogP contribution in [-0.4, -0.2) is 66.7 Å². The van der Waals surface area contributed by atoms with Crippen LogP contribution in [-0.2, 0) is 22.2 Å². The maximum Gasteiger partial charge on any atom is 0.418 e. The summed E-state index contributed by atoms with van der Waals surface area (Å²) in [6, 6.07) is 3.35. The van der Waals surface area contributed by atoms with Crippen LogP contribution in [0.1, 0.15) is 40.6 Å². The van der Waals surface area contributed by atoms with E-state index in [1.165, 1.54) is 41.9 Å². The van der Waals surface area contributed by atoms with Crippen molar-refractivity contribution in [3.8, 4) is 0 Å². The van der Waals surface area contributed by atoms with Gasteiger partial charge in [0.25, 0.3) is 11.5 Å². The molecule has 13 heteroatoms. The van der Waals surface area contributed by atoms with Gasteiger partial charge in [-0.1, -0.05) is 0 Å². The van der Waals surface area contributed by atoms with E-state index in [2.05, 4.69) is 5.32 Å². The number of hydrogen-bond acceptors (Lipinski definition) is 7. The molecule has 3 rings (SSSR count). The number of carbonyl (C=O) groups is 1. The van der Waals surface area contributed by atoms with Crippen molar-refractivity contribution in [1.29, 1.82) is 0 Å². The van der Waals surface area contributed by atoms with Crippen LogP contribution in [0.15, 0.2) is 34.0 Å². The van der Waals surface area contributed by atoms with Crippen LogP contribution in [0.3, 0.4) is 0 Å². The van der Waals surface area contributed by atoms with E-state index in [1.807, 2.05) is 0 Å². The molecule has 0 unspecified atom stereocenters. The van der Waals surface area contributed by atoms with Gasteiger partial charge in [0.1, 0.15) is 6.23 Å². The highest BCUT2D eigenvalue weighted by Crippen LogP contribution is 2.36. The minimum Gasteiger partial charge on any atom is -0.394 e. The minimum atomic E-state index is -4.62. The van der Waals surface area contributed by atoms with Gasteiger partial charge in [-0.25, -0.2) is 4.79 Å². The molecule has 1 aromatic heterocycles. The molecule has 0 radical (unpaired) electrons. The molecule has 2 N–H and O–H groups in total. The summed E-state index contributed by atoms with van der Waals surface area (Å²) >= 11 is 0. The van der Waals surface area contributed by atoms with Gasteiger partial charge in [-0.2, -0.15) is 13.2 Å². The molecule has 0 aliphatic carbocycles. The SMILES string of the molecule is Cc1cn([C@H]2CC[C@@H](CO)O2)c(=O)n(CCOCCNC(=O)c2ccc(N(C)C)c(C(F)(F)F)c2)c1=O. The van der Waals surface area contributed by atoms with Gasteiger partial charge in [-0.3, -0.25) is 18.7 Å². The third-order valence-electron chi connectivity index (χ3n) is 6.00. The molecule has 1 amide bonds. The van der Waals surface area contributed by atoms with Crippen molar-refractivity contribution >= 4 is 11.6 Å². The maximum atomic E-state index is 13.4. The normalized spacial score (nSPS) is 17.7. The summed E-state index contributed by atoms with van der Waals surface area (Å²) in [4.78, 5) is 39.0. The molecule has 1 saturated heterocycles. The molecule has 0 spiro atoms. The Hall–Kier alpha value is -3.16. The first-order valence-corrected chi connectivity index (χ1v) is 11.8. The number of anilines is 1. The van der Waals surface area contributed by atoms with E-state index < -0.39 is 35.1 Å². The highest BCUT2D eigenvalue weighted by molar-refractivity contribution is 5.95. The number of nitrogens with zero attached hydrogens (tertiary/aromatic N) is 3. The van der Waals surface area contributed by atoms with Crippen molar-refractivity contribution in [1.82, 2.24) is 14.5 Å². The van der Waals surface area contributed by atoms with Crippen molar-refractivity contribution in [3.63, 3.8) is 0 Å². The molecule has 2 aromatic rings. The second-order valence-corrected chi connectivity index (χ2v) is 8.92. The topological polar surface area (TPSA) is 115 Å². The largest absolute Gasteiger partial charge is 0.418 e. The van der Waals surface area contributed by atoms with Crippen molar-refractivity contribution in [2.24, 2.45) is 0 Å². The highest BCUT2D eigenvalue weighted by atomic mass is 19.4. The number of hydrogen-bond donors (Lipinski definition) is 2. The molecule has 0 saturated carbocycles. The van der Waals surface area contributed by atoms with Crippen molar-refractivity contribution in [3.05, 3.63) is 61.9 Å². The summed E-state index contributed by atoms with van der Waals surface area (Å²) in [6.07, 6.45) is -2.98. The molecule has 10 nitrogen and oxygen atoms in total. The van der Waals surface area contributed by atoms with Gasteiger partial charge in [0.05, 0.1) is 38.0 Å². The smallest absolute Gasteiger partial charge is 0.394 e. The van der Waals surface area contributed by atoms with E-state index in [-0.39, 0.29) is 50.3 Å². The van der Waals surface area contributed by atoms with Gasteiger partial charge in [0, 0.05) is 43.7 Å². The number of ether oxygens (including phenoxy) is 2. The van der Waals surface area contributed by atoms with Gasteiger partial charge in [-0.15, -0.1) is 0 Å². The van der Waals surface area contributed by atoms with Gasteiger partial charge in [0.15, 0.2) is 0 Å². The zero-order chi connectivity index (χ0) is 27.3. The first-order valence-electron chi connectivity index (χ1n) is 11.8. The fraction of sp³-hybridized carbons (Fsp3) is 0.542. The number of carbonyl (C=O) groups excluding carboxylic acids is 1. The molecule has 2 heterocycles. The van der Waals surface area contributed by atoms with E-state index in [1.54, 1.807) is 6.92 Å². The van der Waals surface area contributed by atoms with Gasteiger partial charge in [-0.05, 0) is 38.0 Å². The number of nitrogens with one attached hydrogen (secondary N) is 1. The number of aryl methyl sites for hydroxylation is 1. The molecule has 204 valence electrons. The Balaban J connectivity index is 1.54. The average Bonchev–Trinajstić information content (AvgIpc) is 3.33. The van der Waals surface area contributed by atoms with Crippen molar-refractivity contribution < 1.29 is 32.5 Å². The first kappa shape index (κ1) is 28.4. The van der Waals surface area contributed by atoms with Crippen LogP contribution in [0, 0.1) is 6.92 Å². The van der Waals surface area contributed by atoms with Crippen LogP contribution in [0.2, 0.25) is 0 Å². The van der Waals surface area contributed by atoms with E-state index >= 15 is 0 Å². The summed E-state index contributed by atoms with van der Waals surface area (Å²) in [5, 5.41) is 11.8. The molecule has 37 heavy (non-hydrogen) atoms. The van der Waals surface area contributed by atoms with E-state index in [4.69, 9.17) is 9.47 Å². The van der Waals surface area contributed by atoms with Gasteiger partial charge < -0.3 is 24.8 Å². The van der Waals surface area contributed by atoms with Crippen molar-refractivity contribution in [2.45, 2.75) is 44.8 Å². The van der Waals surface area contributed by atoms with Gasteiger partial charge in [0.2, 0.25) is 0 Å². The number of aliphatic hydroxyl groups is 1. The lowest BCUT2D eigenvalue weighted by Gasteiger charge is -2.20. The molecule has 2 atom stereocenters. The molecular weight excluding hydrogens is 497 g/mol. The number of rotatable bonds is 10. The molecular formula is C24H31F3N4O6. The van der Waals surface area contributed by atoms with E-state index in [9.17, 15) is 32.7 Å². The summed E-state index contributed by atoms with van der Waals surface area (Å²) in [6.45, 7) is 1.42. The van der Waals surface area contributed by atoms with Crippen LogP contribution in [0.25, 0.3) is 0 Å². The highest BCUT2D eigenvalue weighted by Gasteiger charge is 2.35. The Labute approximate surface area is 211 Å². The van der Waals surface area contributed by atoms with E-state index in [0.29, 0.717) is 18.4 Å². The first-order chi connectivity index (χ1) is 17.4. The fourth-order valence-electron chi connectivity index (χ4n) is 4.08. The number of benzene rings is 1. The predicted octanol–water partition coefficient (Wildman–Crippen LogP) is 1.52. The zero-order valence-corrected chi connectivity index (χ0v) is 20.9. The Kier molecular flexibility index (Phi) is 9.16. The standard InChI is InChI=1S/C24H31F3N4O6/c1-15-13-31(20-7-5-17(14-32)37-20)23(35)30(22(15)34)9-11-36-10-8-28-21(33)16-4-6-19(29(2)3)18(12-16)24(25,26)27/h4,6,12-13,17,20,32H,5,7-11,14H2,1-3H3,(H,28,33)/t17-,20+/m0/s1. The molecule has 1 aliphatic rings.